The second-order valence-electron chi connectivity index (χ2n) is 6.18. The quantitative estimate of drug-likeness (QED) is 0.808. The summed E-state index contributed by atoms with van der Waals surface area (Å²) in [5.74, 6) is -0.644. The Morgan fingerprint density at radius 2 is 2.08 bits per heavy atom. The van der Waals surface area contributed by atoms with Crippen molar-refractivity contribution in [2.24, 2.45) is 0 Å². The summed E-state index contributed by atoms with van der Waals surface area (Å²) >= 11 is 0. The number of carboxylic acid groups (broad SMARTS) is 1. The lowest BCUT2D eigenvalue weighted by Crippen LogP contribution is -2.31. The Morgan fingerprint density at radius 1 is 1.32 bits per heavy atom. The predicted octanol–water partition coefficient (Wildman–Crippen LogP) is 0.930. The van der Waals surface area contributed by atoms with Crippen LogP contribution >= 0.6 is 0 Å². The van der Waals surface area contributed by atoms with E-state index in [-0.39, 0.29) is 43.2 Å². The number of anilines is 2. The molecule has 0 saturated heterocycles. The monoisotopic (exact) mass is 342 g/mol. The van der Waals surface area contributed by atoms with E-state index in [0.717, 1.165) is 12.0 Å². The van der Waals surface area contributed by atoms with E-state index in [1.807, 2.05) is 30.3 Å². The number of hydrogen-bond donors (Lipinski definition) is 2. The molecule has 2 atom stereocenters. The largest absolute Gasteiger partial charge is 0.550 e. The fourth-order valence-electron chi connectivity index (χ4n) is 2.94. The van der Waals surface area contributed by atoms with Gasteiger partial charge in [0.2, 0.25) is 11.9 Å². The Kier molecular flexibility index (Phi) is 4.97. The maximum atomic E-state index is 11.9. The van der Waals surface area contributed by atoms with Crippen LogP contribution in [0.1, 0.15) is 44.2 Å². The van der Waals surface area contributed by atoms with Crippen molar-refractivity contribution in [3.8, 4) is 0 Å². The molecule has 1 aromatic carbocycles. The van der Waals surface area contributed by atoms with Crippen LogP contribution in [0.25, 0.3) is 0 Å². The summed E-state index contributed by atoms with van der Waals surface area (Å²) in [5, 5.41) is 20.7. The summed E-state index contributed by atoms with van der Waals surface area (Å²) in [5.41, 5.74) is 1.13. The summed E-state index contributed by atoms with van der Waals surface area (Å²) in [6, 6.07) is 10.3. The molecule has 0 saturated carbocycles. The van der Waals surface area contributed by atoms with Gasteiger partial charge in [-0.15, -0.1) is 5.10 Å². The topological polar surface area (TPSA) is 112 Å². The van der Waals surface area contributed by atoms with Gasteiger partial charge in [-0.1, -0.05) is 30.3 Å². The minimum Gasteiger partial charge on any atom is -0.550 e. The number of nitrogens with one attached hydrogen (secondary N) is 2. The SMILES string of the molecule is C[C@@H]1C[C@@H](c2ccccc2)n2nc(NC(=O)CCCC(=O)[O-])nc2N1. The van der Waals surface area contributed by atoms with Gasteiger partial charge in [-0.05, 0) is 31.7 Å². The van der Waals surface area contributed by atoms with Crippen molar-refractivity contribution in [1.82, 2.24) is 14.8 Å². The average molecular weight is 342 g/mol. The van der Waals surface area contributed by atoms with Crippen LogP contribution in [0.3, 0.4) is 0 Å². The highest BCUT2D eigenvalue weighted by molar-refractivity contribution is 5.89. The first-order valence-corrected chi connectivity index (χ1v) is 8.30. The zero-order valence-electron chi connectivity index (χ0n) is 13.9. The van der Waals surface area contributed by atoms with Crippen molar-refractivity contribution in [2.45, 2.75) is 44.7 Å². The third-order valence-electron chi connectivity index (χ3n) is 4.10. The molecule has 1 aromatic heterocycles. The number of carbonyl (C=O) groups is 2. The van der Waals surface area contributed by atoms with Gasteiger partial charge in [0.25, 0.3) is 5.95 Å². The summed E-state index contributed by atoms with van der Waals surface area (Å²) in [6.45, 7) is 2.08. The number of carboxylic acids is 1. The first-order valence-electron chi connectivity index (χ1n) is 8.30. The number of nitrogens with zero attached hydrogens (tertiary/aromatic N) is 3. The van der Waals surface area contributed by atoms with E-state index < -0.39 is 5.97 Å². The third kappa shape index (κ3) is 4.14. The van der Waals surface area contributed by atoms with Gasteiger partial charge in [0.1, 0.15) is 0 Å². The second-order valence-corrected chi connectivity index (χ2v) is 6.18. The van der Waals surface area contributed by atoms with E-state index in [9.17, 15) is 14.7 Å². The van der Waals surface area contributed by atoms with Gasteiger partial charge in [-0.3, -0.25) is 10.1 Å². The van der Waals surface area contributed by atoms with Crippen LogP contribution in [0.2, 0.25) is 0 Å². The van der Waals surface area contributed by atoms with Gasteiger partial charge in [0.15, 0.2) is 0 Å². The van der Waals surface area contributed by atoms with Crippen LogP contribution in [0.4, 0.5) is 11.9 Å². The molecule has 1 aliphatic heterocycles. The molecule has 1 amide bonds. The van der Waals surface area contributed by atoms with E-state index in [1.54, 1.807) is 4.68 Å². The molecule has 1 aliphatic rings. The summed E-state index contributed by atoms with van der Waals surface area (Å²) < 4.78 is 1.78. The molecule has 0 radical (unpaired) electrons. The van der Waals surface area contributed by atoms with Crippen molar-refractivity contribution < 1.29 is 14.7 Å². The van der Waals surface area contributed by atoms with Crippen LogP contribution in [0.5, 0.6) is 0 Å². The normalized spacial score (nSPS) is 18.9. The molecule has 0 unspecified atom stereocenters. The first kappa shape index (κ1) is 16.9. The number of rotatable bonds is 6. The molecule has 8 heteroatoms. The molecule has 0 bridgehead atoms. The minimum atomic E-state index is -1.16. The average Bonchev–Trinajstić information content (AvgIpc) is 2.96. The van der Waals surface area contributed by atoms with E-state index >= 15 is 0 Å². The lowest BCUT2D eigenvalue weighted by molar-refractivity contribution is -0.305. The number of carbonyl (C=O) groups excluding carboxylic acids is 2. The van der Waals surface area contributed by atoms with Crippen LogP contribution in [0, 0.1) is 0 Å². The number of benzene rings is 1. The van der Waals surface area contributed by atoms with Gasteiger partial charge < -0.3 is 15.2 Å². The maximum absolute atomic E-state index is 11.9. The van der Waals surface area contributed by atoms with Crippen LogP contribution in [-0.4, -0.2) is 32.7 Å². The Bertz CT molecular complexity index is 759. The lowest BCUT2D eigenvalue weighted by atomic mass is 9.99. The number of amides is 1. The van der Waals surface area contributed by atoms with Crippen LogP contribution in [-0.2, 0) is 9.59 Å². The smallest absolute Gasteiger partial charge is 0.250 e. The van der Waals surface area contributed by atoms with E-state index in [0.29, 0.717) is 5.95 Å². The third-order valence-corrected chi connectivity index (χ3v) is 4.10. The Morgan fingerprint density at radius 3 is 2.80 bits per heavy atom. The van der Waals surface area contributed by atoms with E-state index in [1.165, 1.54) is 0 Å². The molecule has 25 heavy (non-hydrogen) atoms. The summed E-state index contributed by atoms with van der Waals surface area (Å²) in [6.07, 6.45) is 1.03. The highest BCUT2D eigenvalue weighted by Gasteiger charge is 2.28. The molecule has 0 spiro atoms. The molecular weight excluding hydrogens is 322 g/mol. The molecule has 0 aliphatic carbocycles. The molecule has 8 nitrogen and oxygen atoms in total. The van der Waals surface area contributed by atoms with Gasteiger partial charge >= 0.3 is 0 Å². The standard InChI is InChI=1S/C17H21N5O3/c1-11-10-13(12-6-3-2-4-7-12)22-17(18-11)20-16(21-22)19-14(23)8-5-9-15(24)25/h2-4,6-7,11,13H,5,8-10H2,1H3,(H,24,25)(H2,18,19,20,21,23)/p-1/t11-,13+/m1/s1. The van der Waals surface area contributed by atoms with E-state index in [4.69, 9.17) is 0 Å². The highest BCUT2D eigenvalue weighted by atomic mass is 16.4. The number of aromatic nitrogens is 3. The Hall–Kier alpha value is -2.90. The first-order chi connectivity index (χ1) is 12.0. The fraction of sp³-hybridized carbons (Fsp3) is 0.412. The highest BCUT2D eigenvalue weighted by Crippen LogP contribution is 2.31. The van der Waals surface area contributed by atoms with Gasteiger partial charge in [-0.2, -0.15) is 4.98 Å². The van der Waals surface area contributed by atoms with Crippen molar-refractivity contribution >= 4 is 23.8 Å². The number of aliphatic carboxylic acids is 1. The number of hydrogen-bond acceptors (Lipinski definition) is 6. The van der Waals surface area contributed by atoms with Gasteiger partial charge in [0, 0.05) is 18.4 Å². The van der Waals surface area contributed by atoms with Crippen LogP contribution < -0.4 is 15.7 Å². The zero-order valence-corrected chi connectivity index (χ0v) is 13.9. The van der Waals surface area contributed by atoms with Gasteiger partial charge in [-0.25, -0.2) is 4.68 Å². The predicted molar refractivity (Wildman–Crippen MR) is 89.8 cm³/mol. The van der Waals surface area contributed by atoms with Crippen molar-refractivity contribution in [1.29, 1.82) is 0 Å². The van der Waals surface area contributed by atoms with Crippen molar-refractivity contribution in [3.63, 3.8) is 0 Å². The van der Waals surface area contributed by atoms with Crippen molar-refractivity contribution in [3.05, 3.63) is 35.9 Å². The Labute approximate surface area is 145 Å². The lowest BCUT2D eigenvalue weighted by Gasteiger charge is -2.29. The van der Waals surface area contributed by atoms with Crippen LogP contribution in [0.15, 0.2) is 30.3 Å². The van der Waals surface area contributed by atoms with Gasteiger partial charge in [0.05, 0.1) is 6.04 Å². The molecule has 132 valence electrons. The fourth-order valence-corrected chi connectivity index (χ4v) is 2.94. The molecule has 0 fully saturated rings. The van der Waals surface area contributed by atoms with E-state index in [2.05, 4.69) is 27.6 Å². The Balaban J connectivity index is 1.73. The van der Waals surface area contributed by atoms with Crippen molar-refractivity contribution in [2.75, 3.05) is 10.6 Å². The number of fused-ring (bicyclic) bond motifs is 1. The summed E-state index contributed by atoms with van der Waals surface area (Å²) in [4.78, 5) is 26.6. The molecular formula is C17H20N5O3-. The minimum absolute atomic E-state index is 0.0451. The summed E-state index contributed by atoms with van der Waals surface area (Å²) in [7, 11) is 0. The molecule has 2 heterocycles. The molecule has 2 aromatic rings. The molecule has 3 rings (SSSR count). The second kappa shape index (κ2) is 7.33. The zero-order chi connectivity index (χ0) is 17.8. The maximum Gasteiger partial charge on any atom is 0.250 e. The molecule has 2 N–H and O–H groups in total.